The van der Waals surface area contributed by atoms with Crippen LogP contribution in [0.4, 0.5) is 0 Å². The molecule has 6 aliphatic carbocycles. The van der Waals surface area contributed by atoms with Crippen LogP contribution in [0.25, 0.3) is 0 Å². The number of carbonyl (C=O) groups is 1. The van der Waals surface area contributed by atoms with Crippen LogP contribution in [0.1, 0.15) is 118 Å². The molecule has 10 heteroatoms. The van der Waals surface area contributed by atoms with Crippen molar-refractivity contribution in [1.82, 2.24) is 5.32 Å². The lowest BCUT2D eigenvalue weighted by molar-refractivity contribution is -0.203. The number of fused-ring (bicyclic) bond motifs is 3. The van der Waals surface area contributed by atoms with Gasteiger partial charge in [-0.2, -0.15) is 0 Å². The van der Waals surface area contributed by atoms with Crippen LogP contribution in [-0.4, -0.2) is 90.9 Å². The van der Waals surface area contributed by atoms with Crippen LogP contribution in [0.3, 0.4) is 0 Å². The summed E-state index contributed by atoms with van der Waals surface area (Å²) in [5, 5.41) is 73.9. The lowest BCUT2D eigenvalue weighted by atomic mass is 9.42. The monoisotopic (exact) mass is 779 g/mol. The van der Waals surface area contributed by atoms with E-state index in [1.807, 2.05) is 6.08 Å². The highest BCUT2D eigenvalue weighted by molar-refractivity contribution is 5.95. The van der Waals surface area contributed by atoms with E-state index in [0.717, 1.165) is 36.5 Å². The van der Waals surface area contributed by atoms with Gasteiger partial charge >= 0.3 is 0 Å². The quantitative estimate of drug-likeness (QED) is 0.154. The first kappa shape index (κ1) is 40.9. The zero-order valence-corrected chi connectivity index (χ0v) is 34.2. The van der Waals surface area contributed by atoms with Gasteiger partial charge in [-0.25, -0.2) is 0 Å². The molecule has 0 aromatic carbocycles. The highest BCUT2D eigenvalue weighted by Gasteiger charge is 2.72. The van der Waals surface area contributed by atoms with Gasteiger partial charge in [0.15, 0.2) is 5.78 Å². The second-order valence-electron chi connectivity index (χ2n) is 20.2. The minimum atomic E-state index is -1.58. The van der Waals surface area contributed by atoms with Crippen molar-refractivity contribution >= 4 is 5.78 Å². The van der Waals surface area contributed by atoms with Gasteiger partial charge in [-0.05, 0) is 142 Å². The molecule has 10 nitrogen and oxygen atoms in total. The van der Waals surface area contributed by atoms with Crippen molar-refractivity contribution in [3.05, 3.63) is 47.2 Å². The third-order valence-corrected chi connectivity index (χ3v) is 17.3. The third kappa shape index (κ3) is 6.29. The average molecular weight is 779 g/mol. The van der Waals surface area contributed by atoms with E-state index in [0.29, 0.717) is 50.0 Å². The molecule has 0 amide bonds. The first-order valence-corrected chi connectivity index (χ1v) is 22.2. The Hall–Kier alpha value is -1.89. The maximum atomic E-state index is 14.5. The highest BCUT2D eigenvalue weighted by Crippen LogP contribution is 2.72. The lowest BCUT2D eigenvalue weighted by Crippen LogP contribution is -2.66. The van der Waals surface area contributed by atoms with Gasteiger partial charge in [0.05, 0.1) is 41.8 Å². The number of aliphatic hydroxyl groups is 6. The molecule has 0 aromatic rings. The summed E-state index contributed by atoms with van der Waals surface area (Å²) in [7, 11) is 0. The van der Waals surface area contributed by atoms with Crippen LogP contribution in [0.5, 0.6) is 0 Å². The molecule has 56 heavy (non-hydrogen) atoms. The standard InChI is InChI=1S/C46H70N2O8/c1-5-7-26-9-13-29-25(2)41(56-37(29)15-10-26)42(53)44(4,54)38-17-18-46(55)32-21-34(50)31-20-35(51)36(52)24-45(31)23-27(11-12-28(40(32)45)22-43(38,46)3)30-14-16-39(47)48-33(30)8-6-19-49/h11-12,14,16,21,25-29,31,35-42,48-49,51-55H,5-10,13,15,17-20,22-24,47H2,1-4H3. The van der Waals surface area contributed by atoms with E-state index >= 15 is 0 Å². The molecule has 2 aliphatic heterocycles. The topological polar surface area (TPSA) is 186 Å². The molecule has 9 N–H and O–H groups in total. The number of hydrogen-bond donors (Lipinski definition) is 8. The maximum absolute atomic E-state index is 14.5. The van der Waals surface area contributed by atoms with Crippen LogP contribution in [0.2, 0.25) is 0 Å². The Bertz CT molecular complexity index is 1640. The largest absolute Gasteiger partial charge is 0.396 e. The lowest BCUT2D eigenvalue weighted by Gasteiger charge is -2.63. The minimum absolute atomic E-state index is 0.0457. The molecule has 1 saturated heterocycles. The molecule has 18 unspecified atom stereocenters. The molecule has 0 radical (unpaired) electrons. The summed E-state index contributed by atoms with van der Waals surface area (Å²) in [6.07, 6.45) is 16.5. The fourth-order valence-corrected chi connectivity index (χ4v) is 14.6. The molecular weight excluding hydrogens is 709 g/mol. The Morgan fingerprint density at radius 1 is 1.07 bits per heavy atom. The number of hydrogen-bond acceptors (Lipinski definition) is 10. The fraction of sp³-hybridized carbons (Fsp3) is 0.804. The summed E-state index contributed by atoms with van der Waals surface area (Å²) in [5.41, 5.74) is 4.38. The summed E-state index contributed by atoms with van der Waals surface area (Å²) in [5.74, 6) is -0.490. The number of nitrogens with two attached hydrogens (primary N) is 1. The molecule has 0 aromatic heterocycles. The van der Waals surface area contributed by atoms with E-state index in [-0.39, 0.29) is 61.2 Å². The van der Waals surface area contributed by atoms with Crippen molar-refractivity contribution in [3.8, 4) is 0 Å². The summed E-state index contributed by atoms with van der Waals surface area (Å²) >= 11 is 0. The van der Waals surface area contributed by atoms with Gasteiger partial charge in [0.25, 0.3) is 0 Å². The van der Waals surface area contributed by atoms with E-state index in [9.17, 15) is 35.4 Å². The van der Waals surface area contributed by atoms with Crippen LogP contribution in [-0.2, 0) is 9.53 Å². The SMILES string of the molecule is CCCC1CCC2OC(C(O)C(C)(O)C3CCC4(O)C5=CC(=O)C6CC(O)C(O)CC67CC(C6=C(CCCO)NC(N)C=C6)C=CC(CC34C)C57)C(C)C2CC1. The number of rotatable bonds is 9. The van der Waals surface area contributed by atoms with E-state index in [2.05, 4.69) is 44.3 Å². The smallest absolute Gasteiger partial charge is 0.159 e. The number of ketones is 1. The Morgan fingerprint density at radius 3 is 2.59 bits per heavy atom. The normalized spacial score (nSPS) is 48.7. The van der Waals surface area contributed by atoms with Gasteiger partial charge in [-0.3, -0.25) is 4.79 Å². The highest BCUT2D eigenvalue weighted by atomic mass is 16.5. The van der Waals surface area contributed by atoms with E-state index in [1.165, 1.54) is 19.3 Å². The van der Waals surface area contributed by atoms with Crippen molar-refractivity contribution < 1.29 is 40.2 Å². The zero-order chi connectivity index (χ0) is 39.9. The second-order valence-corrected chi connectivity index (χ2v) is 20.2. The van der Waals surface area contributed by atoms with E-state index in [1.54, 1.807) is 13.0 Å². The van der Waals surface area contributed by atoms with Gasteiger partial charge in [0, 0.05) is 29.6 Å². The van der Waals surface area contributed by atoms with Gasteiger partial charge in [0.1, 0.15) is 6.10 Å². The van der Waals surface area contributed by atoms with Crippen LogP contribution in [0, 0.1) is 58.2 Å². The summed E-state index contributed by atoms with van der Waals surface area (Å²) < 4.78 is 6.73. The predicted octanol–water partition coefficient (Wildman–Crippen LogP) is 4.57. The first-order chi connectivity index (χ1) is 26.6. The predicted molar refractivity (Wildman–Crippen MR) is 213 cm³/mol. The first-order valence-electron chi connectivity index (χ1n) is 22.2. The second kappa shape index (κ2) is 15.0. The summed E-state index contributed by atoms with van der Waals surface area (Å²) in [6, 6.07) is 0. The average Bonchev–Trinajstić information content (AvgIpc) is 3.45. The molecule has 1 spiro atoms. The van der Waals surface area contributed by atoms with Crippen molar-refractivity contribution in [3.63, 3.8) is 0 Å². The number of carbonyl (C=O) groups excluding carboxylic acids is 1. The number of nitrogens with one attached hydrogen (secondary N) is 1. The van der Waals surface area contributed by atoms with Crippen molar-refractivity contribution in [2.75, 3.05) is 6.61 Å². The maximum Gasteiger partial charge on any atom is 0.159 e. The Morgan fingerprint density at radius 2 is 1.84 bits per heavy atom. The number of dihydropyridines is 1. The van der Waals surface area contributed by atoms with E-state index < -0.39 is 58.3 Å². The molecule has 8 rings (SSSR count). The Labute approximate surface area is 333 Å². The molecule has 312 valence electrons. The van der Waals surface area contributed by atoms with Gasteiger partial charge in [-0.15, -0.1) is 0 Å². The van der Waals surface area contributed by atoms with Crippen LogP contribution in [0.15, 0.2) is 47.2 Å². The third-order valence-electron chi connectivity index (χ3n) is 17.3. The van der Waals surface area contributed by atoms with Crippen LogP contribution >= 0.6 is 0 Å². The zero-order valence-electron chi connectivity index (χ0n) is 34.2. The van der Waals surface area contributed by atoms with Crippen molar-refractivity contribution in [1.29, 1.82) is 0 Å². The molecule has 0 bridgehead atoms. The number of aliphatic hydroxyl groups excluding tert-OH is 4. The Balaban J connectivity index is 1.15. The molecular formula is C46H70N2O8. The van der Waals surface area contributed by atoms with Gasteiger partial charge in [0.2, 0.25) is 0 Å². The van der Waals surface area contributed by atoms with Gasteiger partial charge in [-0.1, -0.05) is 58.3 Å². The molecule has 4 saturated carbocycles. The molecule has 18 atom stereocenters. The summed E-state index contributed by atoms with van der Waals surface area (Å²) in [4.78, 5) is 14.5. The van der Waals surface area contributed by atoms with Crippen molar-refractivity contribution in [2.45, 2.75) is 165 Å². The van der Waals surface area contributed by atoms with E-state index in [4.69, 9.17) is 10.5 Å². The van der Waals surface area contributed by atoms with Crippen molar-refractivity contribution in [2.24, 2.45) is 63.9 Å². The van der Waals surface area contributed by atoms with Gasteiger partial charge < -0.3 is 46.4 Å². The number of allylic oxidation sites excluding steroid dienone is 6. The summed E-state index contributed by atoms with van der Waals surface area (Å²) in [6.45, 7) is 8.28. The minimum Gasteiger partial charge on any atom is -0.396 e. The molecule has 5 fully saturated rings. The number of ether oxygens (including phenoxy) is 1. The molecule has 8 aliphatic rings. The molecule has 2 heterocycles. The Kier molecular flexibility index (Phi) is 10.9. The van der Waals surface area contributed by atoms with Crippen LogP contribution < -0.4 is 11.1 Å². The fourth-order valence-electron chi connectivity index (χ4n) is 14.6.